The Morgan fingerprint density at radius 1 is 1.05 bits per heavy atom. The predicted octanol–water partition coefficient (Wildman–Crippen LogP) is 6.47. The first-order chi connectivity index (χ1) is 17.7. The average Bonchev–Trinajstić information content (AvgIpc) is 3.22. The van der Waals surface area contributed by atoms with Crippen molar-refractivity contribution in [1.29, 1.82) is 0 Å². The number of pyridine rings is 1. The van der Waals surface area contributed by atoms with Gasteiger partial charge in [0.15, 0.2) is 5.60 Å². The second kappa shape index (κ2) is 8.65. The molecule has 0 saturated heterocycles. The lowest BCUT2D eigenvalue weighted by Crippen LogP contribution is -2.55. The van der Waals surface area contributed by atoms with E-state index >= 15 is 0 Å². The van der Waals surface area contributed by atoms with Gasteiger partial charge in [-0.25, -0.2) is 9.07 Å². The summed E-state index contributed by atoms with van der Waals surface area (Å²) in [6.45, 7) is 0. The highest BCUT2D eigenvalue weighted by Crippen LogP contribution is 2.56. The van der Waals surface area contributed by atoms with Gasteiger partial charge in [-0.15, -0.1) is 0 Å². The molecule has 0 radical (unpaired) electrons. The summed E-state index contributed by atoms with van der Waals surface area (Å²) in [7, 11) is 0. The predicted molar refractivity (Wildman–Crippen MR) is 132 cm³/mol. The third kappa shape index (κ3) is 4.02. The molecule has 1 N–H and O–H groups in total. The molecule has 4 aromatic rings. The van der Waals surface area contributed by atoms with E-state index in [1.165, 1.54) is 12.1 Å². The number of aliphatic hydroxyl groups is 1. The Labute approximate surface area is 212 Å². The van der Waals surface area contributed by atoms with Crippen molar-refractivity contribution >= 4 is 10.9 Å². The van der Waals surface area contributed by atoms with Crippen molar-refractivity contribution < 1.29 is 22.7 Å². The molecule has 4 nitrogen and oxygen atoms in total. The van der Waals surface area contributed by atoms with Gasteiger partial charge in [0, 0.05) is 22.7 Å². The molecule has 1 saturated carbocycles. The van der Waals surface area contributed by atoms with Crippen molar-refractivity contribution in [3.8, 4) is 5.69 Å². The van der Waals surface area contributed by atoms with Crippen molar-refractivity contribution in [3.05, 3.63) is 89.6 Å². The van der Waals surface area contributed by atoms with Crippen LogP contribution in [0.2, 0.25) is 0 Å². The maximum atomic E-state index is 13.9. The van der Waals surface area contributed by atoms with E-state index in [2.05, 4.69) is 22.2 Å². The number of aryl methyl sites for hydroxylation is 1. The quantitative estimate of drug-likeness (QED) is 0.322. The Kier molecular flexibility index (Phi) is 5.64. The fourth-order valence-corrected chi connectivity index (χ4v) is 6.60. The molecule has 0 amide bonds. The summed E-state index contributed by atoms with van der Waals surface area (Å²) < 4.78 is 57.1. The second-order valence-electron chi connectivity index (χ2n) is 10.6. The van der Waals surface area contributed by atoms with Crippen LogP contribution < -0.4 is 0 Å². The highest BCUT2D eigenvalue weighted by atomic mass is 19.4. The first-order valence-electron chi connectivity index (χ1n) is 12.6. The van der Waals surface area contributed by atoms with Crippen LogP contribution in [-0.4, -0.2) is 31.6 Å². The smallest absolute Gasteiger partial charge is 0.380 e. The number of halogens is 4. The van der Waals surface area contributed by atoms with Gasteiger partial charge in [0.1, 0.15) is 5.82 Å². The molecule has 2 aromatic heterocycles. The van der Waals surface area contributed by atoms with Crippen LogP contribution in [0, 0.1) is 11.7 Å². The van der Waals surface area contributed by atoms with Gasteiger partial charge in [-0.3, -0.25) is 4.98 Å². The zero-order chi connectivity index (χ0) is 25.8. The summed E-state index contributed by atoms with van der Waals surface area (Å²) in [5.74, 6) is -0.673. The molecule has 6 rings (SSSR count). The maximum Gasteiger partial charge on any atom is 0.417 e. The summed E-state index contributed by atoms with van der Waals surface area (Å²) in [6, 6.07) is 15.9. The van der Waals surface area contributed by atoms with Gasteiger partial charge < -0.3 is 5.11 Å². The lowest BCUT2D eigenvalue weighted by molar-refractivity contribution is -0.279. The van der Waals surface area contributed by atoms with Crippen molar-refractivity contribution in [1.82, 2.24) is 14.8 Å². The lowest BCUT2D eigenvalue weighted by Gasteiger charge is -2.50. The van der Waals surface area contributed by atoms with E-state index < -0.39 is 17.2 Å². The van der Waals surface area contributed by atoms with E-state index in [4.69, 9.17) is 0 Å². The molecular formula is C29H27F4N3O. The second-order valence-corrected chi connectivity index (χ2v) is 10.6. The number of hydrogen-bond donors (Lipinski definition) is 1. The summed E-state index contributed by atoms with van der Waals surface area (Å²) in [4.78, 5) is 4.53. The third-order valence-corrected chi connectivity index (χ3v) is 8.50. The van der Waals surface area contributed by atoms with Gasteiger partial charge in [-0.1, -0.05) is 6.07 Å². The largest absolute Gasteiger partial charge is 0.417 e. The van der Waals surface area contributed by atoms with Crippen LogP contribution in [0.4, 0.5) is 17.6 Å². The molecule has 2 aromatic carbocycles. The minimum absolute atomic E-state index is 0.217. The number of nitrogens with zero attached hydrogens (tertiary/aromatic N) is 3. The van der Waals surface area contributed by atoms with Crippen LogP contribution in [0.25, 0.3) is 16.6 Å². The Morgan fingerprint density at radius 3 is 2.59 bits per heavy atom. The van der Waals surface area contributed by atoms with Crippen LogP contribution in [0.3, 0.4) is 0 Å². The summed E-state index contributed by atoms with van der Waals surface area (Å²) in [5.41, 5.74) is 1.32. The first-order valence-corrected chi connectivity index (χ1v) is 12.6. The zero-order valence-electron chi connectivity index (χ0n) is 20.2. The average molecular weight is 510 g/mol. The zero-order valence-corrected chi connectivity index (χ0v) is 20.2. The summed E-state index contributed by atoms with van der Waals surface area (Å²) in [6.07, 6.45) is 0.926. The first kappa shape index (κ1) is 24.1. The number of alkyl halides is 3. The van der Waals surface area contributed by atoms with Gasteiger partial charge in [0.2, 0.25) is 0 Å². The monoisotopic (exact) mass is 509 g/mol. The molecule has 3 atom stereocenters. The Balaban J connectivity index is 1.50. The third-order valence-electron chi connectivity index (χ3n) is 8.50. The van der Waals surface area contributed by atoms with Gasteiger partial charge in [-0.05, 0) is 111 Å². The molecule has 2 heterocycles. The van der Waals surface area contributed by atoms with Crippen LogP contribution in [0.1, 0.15) is 48.9 Å². The SMILES string of the molecule is O[C@]1(C(F)(F)F)CC[C@@]2(Cc3ccccn3)c3cc4cnn(-c5ccc(F)cc5)c4cc3CCC[C@@H]2C1. The van der Waals surface area contributed by atoms with E-state index in [1.54, 1.807) is 29.2 Å². The van der Waals surface area contributed by atoms with Crippen LogP contribution in [0.5, 0.6) is 0 Å². The molecular weight excluding hydrogens is 482 g/mol. The van der Waals surface area contributed by atoms with Crippen molar-refractivity contribution in [2.75, 3.05) is 0 Å². The normalized spacial score (nSPS) is 25.9. The highest BCUT2D eigenvalue weighted by molar-refractivity contribution is 5.82. The summed E-state index contributed by atoms with van der Waals surface area (Å²) in [5, 5.41) is 16.1. The van der Waals surface area contributed by atoms with E-state index in [1.807, 2.05) is 18.2 Å². The molecule has 0 bridgehead atoms. The number of benzene rings is 2. The fourth-order valence-electron chi connectivity index (χ4n) is 6.60. The molecule has 192 valence electrons. The van der Waals surface area contributed by atoms with Gasteiger partial charge in [0.25, 0.3) is 0 Å². The Bertz CT molecular complexity index is 1430. The van der Waals surface area contributed by atoms with Crippen molar-refractivity contribution in [3.63, 3.8) is 0 Å². The minimum atomic E-state index is -4.67. The molecule has 0 aliphatic heterocycles. The van der Waals surface area contributed by atoms with Gasteiger partial charge >= 0.3 is 6.18 Å². The van der Waals surface area contributed by atoms with Crippen LogP contribution in [-0.2, 0) is 18.3 Å². The molecule has 2 aliphatic rings. The molecule has 37 heavy (non-hydrogen) atoms. The fraction of sp³-hybridized carbons (Fsp3) is 0.379. The lowest BCUT2D eigenvalue weighted by atomic mass is 9.56. The molecule has 0 unspecified atom stereocenters. The van der Waals surface area contributed by atoms with E-state index in [0.29, 0.717) is 12.8 Å². The van der Waals surface area contributed by atoms with Crippen molar-refractivity contribution in [2.45, 2.75) is 62.1 Å². The standard InChI is InChI=1S/C29H27F4N3O/c30-22-7-9-24(10-8-22)36-26-15-19-4-3-5-21-16-28(37,29(31,32)33)12-11-27(21,17-23-6-1-2-13-34-23)25(19)14-20(26)18-35-36/h1-2,6-10,13-15,18,21,37H,3-5,11-12,16-17H2/t21-,27+,28-/m1/s1. The minimum Gasteiger partial charge on any atom is -0.380 e. The van der Waals surface area contributed by atoms with E-state index in [0.717, 1.165) is 46.3 Å². The molecule has 1 fully saturated rings. The number of hydrogen-bond acceptors (Lipinski definition) is 3. The van der Waals surface area contributed by atoms with Gasteiger partial charge in [-0.2, -0.15) is 18.3 Å². The summed E-state index contributed by atoms with van der Waals surface area (Å²) >= 11 is 0. The Hall–Kier alpha value is -3.26. The number of fused-ring (bicyclic) bond motifs is 4. The number of aromatic nitrogens is 3. The maximum absolute atomic E-state index is 13.9. The van der Waals surface area contributed by atoms with Crippen LogP contribution >= 0.6 is 0 Å². The molecule has 8 heteroatoms. The van der Waals surface area contributed by atoms with E-state index in [9.17, 15) is 22.7 Å². The molecule has 0 spiro atoms. The molecule has 2 aliphatic carbocycles. The number of rotatable bonds is 3. The van der Waals surface area contributed by atoms with Crippen LogP contribution in [0.15, 0.2) is 67.0 Å². The topological polar surface area (TPSA) is 50.9 Å². The highest BCUT2D eigenvalue weighted by Gasteiger charge is 2.61. The van der Waals surface area contributed by atoms with E-state index in [-0.39, 0.29) is 31.0 Å². The van der Waals surface area contributed by atoms with Gasteiger partial charge in [0.05, 0.1) is 17.4 Å². The Morgan fingerprint density at radius 2 is 1.86 bits per heavy atom. The van der Waals surface area contributed by atoms with Crippen molar-refractivity contribution in [2.24, 2.45) is 5.92 Å².